The summed E-state index contributed by atoms with van der Waals surface area (Å²) in [5, 5.41) is 30.1. The third-order valence-electron chi connectivity index (χ3n) is 3.61. The van der Waals surface area contributed by atoms with Gasteiger partial charge in [0.15, 0.2) is 11.4 Å². The Hall–Kier alpha value is -2.84. The highest BCUT2D eigenvalue weighted by Crippen LogP contribution is 2.42. The summed E-state index contributed by atoms with van der Waals surface area (Å²) in [5.41, 5.74) is -2.20. The Balaban J connectivity index is 2.69. The molecule has 0 aliphatic heterocycles. The standard InChI is InChI=1S/C16H15F3N2O4/c1-2-3-4-9-5-11(15(20-8-9)16(17,18)19)10-6-12(21(24)25)14(23)13(22)7-10/h5-8,22-23H,2-4H2,1H3. The number of pyridine rings is 1. The van der Waals surface area contributed by atoms with Crippen LogP contribution < -0.4 is 0 Å². The smallest absolute Gasteiger partial charge is 0.433 e. The predicted molar refractivity (Wildman–Crippen MR) is 83.3 cm³/mol. The molecule has 0 amide bonds. The fourth-order valence-electron chi connectivity index (χ4n) is 2.37. The van der Waals surface area contributed by atoms with E-state index in [1.165, 1.54) is 6.07 Å². The van der Waals surface area contributed by atoms with Crippen LogP contribution in [0.5, 0.6) is 11.5 Å². The van der Waals surface area contributed by atoms with Gasteiger partial charge in [0.1, 0.15) is 0 Å². The Morgan fingerprint density at radius 3 is 2.48 bits per heavy atom. The van der Waals surface area contributed by atoms with Gasteiger partial charge in [-0.2, -0.15) is 13.2 Å². The first-order valence-electron chi connectivity index (χ1n) is 7.42. The van der Waals surface area contributed by atoms with Gasteiger partial charge < -0.3 is 10.2 Å². The molecule has 0 bridgehead atoms. The van der Waals surface area contributed by atoms with Crippen molar-refractivity contribution in [3.63, 3.8) is 0 Å². The monoisotopic (exact) mass is 356 g/mol. The first-order valence-corrected chi connectivity index (χ1v) is 7.42. The molecule has 0 spiro atoms. The average Bonchev–Trinajstić information content (AvgIpc) is 2.53. The molecule has 2 rings (SSSR count). The molecular weight excluding hydrogens is 341 g/mol. The number of nitrogens with zero attached hydrogens (tertiary/aromatic N) is 2. The average molecular weight is 356 g/mol. The molecule has 0 fully saturated rings. The second kappa shape index (κ2) is 6.96. The summed E-state index contributed by atoms with van der Waals surface area (Å²) in [6, 6.07) is 2.88. The lowest BCUT2D eigenvalue weighted by atomic mass is 9.98. The number of unbranched alkanes of at least 4 members (excludes halogenated alkanes) is 1. The summed E-state index contributed by atoms with van der Waals surface area (Å²) in [6.45, 7) is 1.93. The number of nitro groups is 1. The number of benzene rings is 1. The molecule has 9 heteroatoms. The molecule has 2 N–H and O–H groups in total. The van der Waals surface area contributed by atoms with Crippen LogP contribution in [0.1, 0.15) is 31.0 Å². The van der Waals surface area contributed by atoms with Crippen molar-refractivity contribution in [2.75, 3.05) is 0 Å². The summed E-state index contributed by atoms with van der Waals surface area (Å²) >= 11 is 0. The van der Waals surface area contributed by atoms with Crippen molar-refractivity contribution in [2.24, 2.45) is 0 Å². The quantitative estimate of drug-likeness (QED) is 0.469. The largest absolute Gasteiger partial charge is 0.504 e. The maximum atomic E-state index is 13.2. The van der Waals surface area contributed by atoms with Gasteiger partial charge in [-0.15, -0.1) is 0 Å². The molecule has 1 heterocycles. The van der Waals surface area contributed by atoms with E-state index >= 15 is 0 Å². The predicted octanol–water partition coefficient (Wildman–Crippen LogP) is 4.43. The van der Waals surface area contributed by atoms with Crippen LogP contribution in [0, 0.1) is 10.1 Å². The van der Waals surface area contributed by atoms with Gasteiger partial charge in [0.05, 0.1) is 4.92 Å². The first-order chi connectivity index (χ1) is 11.6. The number of hydrogen-bond donors (Lipinski definition) is 2. The number of alkyl halides is 3. The molecule has 0 atom stereocenters. The fourth-order valence-corrected chi connectivity index (χ4v) is 2.37. The summed E-state index contributed by atoms with van der Waals surface area (Å²) in [7, 11) is 0. The zero-order valence-electron chi connectivity index (χ0n) is 13.2. The van der Waals surface area contributed by atoms with Gasteiger partial charge in [-0.3, -0.25) is 15.1 Å². The highest BCUT2D eigenvalue weighted by Gasteiger charge is 2.36. The van der Waals surface area contributed by atoms with Crippen LogP contribution in [-0.4, -0.2) is 20.1 Å². The van der Waals surface area contributed by atoms with Crippen molar-refractivity contribution in [3.05, 3.63) is 45.8 Å². The Kier molecular flexibility index (Phi) is 5.15. The number of aryl methyl sites for hydroxylation is 1. The SMILES string of the molecule is CCCCc1cnc(C(F)(F)F)c(-c2cc(O)c(O)c([N+](=O)[O-])c2)c1. The van der Waals surface area contributed by atoms with Gasteiger partial charge >= 0.3 is 11.9 Å². The Morgan fingerprint density at radius 2 is 1.92 bits per heavy atom. The van der Waals surface area contributed by atoms with Gasteiger partial charge in [0.2, 0.25) is 5.75 Å². The van der Waals surface area contributed by atoms with Crippen LogP contribution in [0.3, 0.4) is 0 Å². The van der Waals surface area contributed by atoms with Crippen LogP contribution in [0.2, 0.25) is 0 Å². The number of aromatic nitrogens is 1. The lowest BCUT2D eigenvalue weighted by Gasteiger charge is -2.14. The van der Waals surface area contributed by atoms with Crippen LogP contribution in [0.4, 0.5) is 18.9 Å². The summed E-state index contributed by atoms with van der Waals surface area (Å²) in [5.74, 6) is -1.88. The maximum absolute atomic E-state index is 13.2. The van der Waals surface area contributed by atoms with E-state index in [9.17, 15) is 33.5 Å². The van der Waals surface area contributed by atoms with Crippen molar-refractivity contribution >= 4 is 5.69 Å². The van der Waals surface area contributed by atoms with Gasteiger partial charge in [0, 0.05) is 17.8 Å². The molecular formula is C16H15F3N2O4. The molecule has 1 aromatic carbocycles. The molecule has 1 aromatic heterocycles. The third kappa shape index (κ3) is 3.98. The molecule has 134 valence electrons. The van der Waals surface area contributed by atoms with E-state index in [0.717, 1.165) is 31.2 Å². The van der Waals surface area contributed by atoms with Crippen molar-refractivity contribution < 1.29 is 28.3 Å². The number of hydrogen-bond acceptors (Lipinski definition) is 5. The zero-order valence-corrected chi connectivity index (χ0v) is 13.2. The first kappa shape index (κ1) is 18.5. The van der Waals surface area contributed by atoms with Crippen LogP contribution in [0.25, 0.3) is 11.1 Å². The van der Waals surface area contributed by atoms with Gasteiger partial charge in [-0.05, 0) is 36.1 Å². The molecule has 0 aliphatic carbocycles. The Labute approximate surface area is 140 Å². The second-order valence-electron chi connectivity index (χ2n) is 5.46. The van der Waals surface area contributed by atoms with E-state index in [-0.39, 0.29) is 11.1 Å². The second-order valence-corrected chi connectivity index (χ2v) is 5.46. The highest BCUT2D eigenvalue weighted by atomic mass is 19.4. The maximum Gasteiger partial charge on any atom is 0.433 e. The summed E-state index contributed by atoms with van der Waals surface area (Å²) < 4.78 is 39.7. The lowest BCUT2D eigenvalue weighted by molar-refractivity contribution is -0.385. The van der Waals surface area contributed by atoms with E-state index in [2.05, 4.69) is 4.98 Å². The highest BCUT2D eigenvalue weighted by molar-refractivity contribution is 5.74. The number of aromatic hydroxyl groups is 2. The van der Waals surface area contributed by atoms with Crippen molar-refractivity contribution in [1.29, 1.82) is 0 Å². The number of nitro benzene ring substituents is 1. The third-order valence-corrected chi connectivity index (χ3v) is 3.61. The van der Waals surface area contributed by atoms with Crippen molar-refractivity contribution in [3.8, 4) is 22.6 Å². The van der Waals surface area contributed by atoms with Crippen LogP contribution in [-0.2, 0) is 12.6 Å². The van der Waals surface area contributed by atoms with E-state index in [4.69, 9.17) is 0 Å². The van der Waals surface area contributed by atoms with Crippen molar-refractivity contribution in [2.45, 2.75) is 32.4 Å². The number of phenols is 2. The Morgan fingerprint density at radius 1 is 1.24 bits per heavy atom. The Bertz CT molecular complexity index is 807. The van der Waals surface area contributed by atoms with E-state index in [0.29, 0.717) is 12.0 Å². The molecule has 0 unspecified atom stereocenters. The molecule has 0 saturated carbocycles. The van der Waals surface area contributed by atoms with Crippen LogP contribution in [0.15, 0.2) is 24.4 Å². The fraction of sp³-hybridized carbons (Fsp3) is 0.312. The van der Waals surface area contributed by atoms with E-state index in [1.54, 1.807) is 0 Å². The van der Waals surface area contributed by atoms with Gasteiger partial charge in [-0.1, -0.05) is 13.3 Å². The minimum atomic E-state index is -4.78. The minimum Gasteiger partial charge on any atom is -0.504 e. The molecule has 0 saturated heterocycles. The molecule has 6 nitrogen and oxygen atoms in total. The van der Waals surface area contributed by atoms with E-state index in [1.807, 2.05) is 6.92 Å². The number of halogens is 3. The molecule has 2 aromatic rings. The topological polar surface area (TPSA) is 96.5 Å². The molecule has 0 aliphatic rings. The van der Waals surface area contributed by atoms with Crippen LogP contribution >= 0.6 is 0 Å². The summed E-state index contributed by atoms with van der Waals surface area (Å²) in [4.78, 5) is 13.4. The lowest BCUT2D eigenvalue weighted by Crippen LogP contribution is -2.11. The van der Waals surface area contributed by atoms with Gasteiger partial charge in [-0.25, -0.2) is 0 Å². The van der Waals surface area contributed by atoms with Crippen molar-refractivity contribution in [1.82, 2.24) is 4.98 Å². The minimum absolute atomic E-state index is 0.250. The van der Waals surface area contributed by atoms with Gasteiger partial charge in [0.25, 0.3) is 0 Å². The molecule has 0 radical (unpaired) electrons. The molecule has 25 heavy (non-hydrogen) atoms. The number of rotatable bonds is 5. The zero-order chi connectivity index (χ0) is 18.8. The number of phenolic OH excluding ortho intramolecular Hbond substituents is 2. The van der Waals surface area contributed by atoms with E-state index < -0.39 is 34.0 Å². The summed E-state index contributed by atoms with van der Waals surface area (Å²) in [6.07, 6.45) is -1.58. The normalized spacial score (nSPS) is 11.5.